The van der Waals surface area contributed by atoms with Gasteiger partial charge in [-0.15, -0.1) is 0 Å². The van der Waals surface area contributed by atoms with Crippen molar-refractivity contribution in [2.75, 3.05) is 6.61 Å². The topological polar surface area (TPSA) is 26.3 Å². The molecule has 0 aliphatic heterocycles. The lowest BCUT2D eigenvalue weighted by Crippen LogP contribution is -2.15. The lowest BCUT2D eigenvalue weighted by Gasteiger charge is -2.19. The van der Waals surface area contributed by atoms with Gasteiger partial charge in [-0.2, -0.15) is 0 Å². The van der Waals surface area contributed by atoms with Crippen LogP contribution in [0.25, 0.3) is 0 Å². The zero-order chi connectivity index (χ0) is 14.0. The van der Waals surface area contributed by atoms with Gasteiger partial charge in [0.2, 0.25) is 0 Å². The minimum Gasteiger partial charge on any atom is -0.466 e. The van der Waals surface area contributed by atoms with Crippen molar-refractivity contribution in [3.05, 3.63) is 71.8 Å². The van der Waals surface area contributed by atoms with E-state index in [0.717, 1.165) is 6.42 Å². The molecular weight excluding hydrogens is 248 g/mol. The lowest BCUT2D eigenvalue weighted by molar-refractivity contribution is -0.141. The predicted octanol–water partition coefficient (Wildman–Crippen LogP) is 3.56. The standard InChI is InChI=1S/C18H18O2/c1-14(19)20-13-17-12-18(17,15-8-4-2-5-9-15)16-10-6-3-7-11-16/h2-11,17H,12-13H2,1H3. The molecule has 2 aromatic rings. The fourth-order valence-corrected chi connectivity index (χ4v) is 3.09. The van der Waals surface area contributed by atoms with E-state index in [9.17, 15) is 4.79 Å². The summed E-state index contributed by atoms with van der Waals surface area (Å²) in [6, 6.07) is 21.0. The third-order valence-electron chi connectivity index (χ3n) is 4.17. The van der Waals surface area contributed by atoms with Gasteiger partial charge in [-0.25, -0.2) is 0 Å². The van der Waals surface area contributed by atoms with Crippen molar-refractivity contribution >= 4 is 5.97 Å². The summed E-state index contributed by atoms with van der Waals surface area (Å²) in [5.74, 6) is 0.170. The van der Waals surface area contributed by atoms with Crippen LogP contribution >= 0.6 is 0 Å². The minimum atomic E-state index is -0.202. The Morgan fingerprint density at radius 2 is 1.55 bits per heavy atom. The quantitative estimate of drug-likeness (QED) is 0.791. The van der Waals surface area contributed by atoms with Gasteiger partial charge in [-0.05, 0) is 17.5 Å². The summed E-state index contributed by atoms with van der Waals surface area (Å²) in [6.45, 7) is 1.97. The third kappa shape index (κ3) is 2.22. The molecule has 102 valence electrons. The molecule has 0 amide bonds. The van der Waals surface area contributed by atoms with E-state index in [1.54, 1.807) is 0 Å². The second-order valence-electron chi connectivity index (χ2n) is 5.41. The summed E-state index contributed by atoms with van der Waals surface area (Å²) in [5, 5.41) is 0. The summed E-state index contributed by atoms with van der Waals surface area (Å²) in [7, 11) is 0. The summed E-state index contributed by atoms with van der Waals surface area (Å²) in [5.41, 5.74) is 2.63. The van der Waals surface area contributed by atoms with Crippen LogP contribution in [0.2, 0.25) is 0 Å². The van der Waals surface area contributed by atoms with E-state index in [1.807, 2.05) is 12.1 Å². The Hall–Kier alpha value is -2.09. The maximum absolute atomic E-state index is 11.0. The molecule has 1 atom stereocenters. The van der Waals surface area contributed by atoms with Gasteiger partial charge < -0.3 is 4.74 Å². The van der Waals surface area contributed by atoms with Gasteiger partial charge in [0, 0.05) is 18.3 Å². The summed E-state index contributed by atoms with van der Waals surface area (Å²) in [4.78, 5) is 11.0. The largest absolute Gasteiger partial charge is 0.466 e. The molecule has 3 rings (SSSR count). The molecule has 0 N–H and O–H groups in total. The number of hydrogen-bond acceptors (Lipinski definition) is 2. The first-order valence-electron chi connectivity index (χ1n) is 6.98. The number of hydrogen-bond donors (Lipinski definition) is 0. The van der Waals surface area contributed by atoms with Crippen LogP contribution in [0.1, 0.15) is 24.5 Å². The van der Waals surface area contributed by atoms with E-state index in [1.165, 1.54) is 18.1 Å². The normalized spacial score (nSPS) is 19.4. The summed E-state index contributed by atoms with van der Waals surface area (Å²) in [6.07, 6.45) is 1.04. The van der Waals surface area contributed by atoms with E-state index in [-0.39, 0.29) is 11.4 Å². The van der Waals surface area contributed by atoms with Crippen LogP contribution in [0, 0.1) is 5.92 Å². The number of benzene rings is 2. The number of esters is 1. The molecule has 0 saturated heterocycles. The van der Waals surface area contributed by atoms with Crippen molar-refractivity contribution < 1.29 is 9.53 Å². The number of carbonyl (C=O) groups is 1. The van der Waals surface area contributed by atoms with Crippen LogP contribution in [0.15, 0.2) is 60.7 Å². The molecule has 0 radical (unpaired) electrons. The summed E-state index contributed by atoms with van der Waals surface area (Å²) >= 11 is 0. The van der Waals surface area contributed by atoms with Crippen LogP contribution in [0.4, 0.5) is 0 Å². The van der Waals surface area contributed by atoms with Gasteiger partial charge in [-0.3, -0.25) is 4.79 Å². The number of carbonyl (C=O) groups excluding carboxylic acids is 1. The highest BCUT2D eigenvalue weighted by Crippen LogP contribution is 2.58. The first kappa shape index (κ1) is 12.9. The first-order valence-corrected chi connectivity index (χ1v) is 6.98. The molecule has 0 bridgehead atoms. The van der Waals surface area contributed by atoms with Gasteiger partial charge in [0.05, 0.1) is 6.61 Å². The van der Waals surface area contributed by atoms with Crippen LogP contribution < -0.4 is 0 Å². The molecule has 0 spiro atoms. The van der Waals surface area contributed by atoms with Gasteiger partial charge in [-0.1, -0.05) is 60.7 Å². The molecule has 2 nitrogen and oxygen atoms in total. The highest BCUT2D eigenvalue weighted by atomic mass is 16.5. The van der Waals surface area contributed by atoms with E-state index in [4.69, 9.17) is 4.74 Å². The minimum absolute atomic E-state index is 0.0119. The Morgan fingerprint density at radius 3 is 2.00 bits per heavy atom. The molecule has 0 heterocycles. The van der Waals surface area contributed by atoms with Crippen LogP contribution in [-0.4, -0.2) is 12.6 Å². The summed E-state index contributed by atoms with van der Waals surface area (Å²) < 4.78 is 5.23. The highest BCUT2D eigenvalue weighted by Gasteiger charge is 2.56. The van der Waals surface area contributed by atoms with Crippen LogP contribution in [-0.2, 0) is 14.9 Å². The maximum atomic E-state index is 11.0. The first-order chi connectivity index (χ1) is 9.73. The number of ether oxygens (including phenoxy) is 1. The second kappa shape index (κ2) is 5.12. The fraction of sp³-hybridized carbons (Fsp3) is 0.278. The van der Waals surface area contributed by atoms with E-state index >= 15 is 0 Å². The second-order valence-corrected chi connectivity index (χ2v) is 5.41. The van der Waals surface area contributed by atoms with Crippen molar-refractivity contribution in [2.24, 2.45) is 5.92 Å². The molecule has 1 aliphatic carbocycles. The molecule has 2 aromatic carbocycles. The van der Waals surface area contributed by atoms with Gasteiger partial charge in [0.15, 0.2) is 0 Å². The Morgan fingerprint density at radius 1 is 1.05 bits per heavy atom. The molecule has 2 heteroatoms. The maximum Gasteiger partial charge on any atom is 0.302 e. The lowest BCUT2D eigenvalue weighted by atomic mass is 9.86. The average molecular weight is 266 g/mol. The van der Waals surface area contributed by atoms with E-state index < -0.39 is 0 Å². The van der Waals surface area contributed by atoms with Crippen molar-refractivity contribution in [3.63, 3.8) is 0 Å². The average Bonchev–Trinajstić information content (AvgIpc) is 3.23. The van der Waals surface area contributed by atoms with E-state index in [2.05, 4.69) is 48.5 Å². The van der Waals surface area contributed by atoms with Crippen LogP contribution in [0.3, 0.4) is 0 Å². The molecule has 20 heavy (non-hydrogen) atoms. The van der Waals surface area contributed by atoms with Crippen LogP contribution in [0.5, 0.6) is 0 Å². The Bertz CT molecular complexity index is 550. The van der Waals surface area contributed by atoms with Crippen molar-refractivity contribution in [3.8, 4) is 0 Å². The highest BCUT2D eigenvalue weighted by molar-refractivity contribution is 5.66. The molecule has 0 aromatic heterocycles. The fourth-order valence-electron chi connectivity index (χ4n) is 3.09. The third-order valence-corrected chi connectivity index (χ3v) is 4.17. The molecule has 1 unspecified atom stereocenters. The molecular formula is C18H18O2. The zero-order valence-electron chi connectivity index (χ0n) is 11.6. The van der Waals surface area contributed by atoms with Crippen molar-refractivity contribution in [2.45, 2.75) is 18.8 Å². The Kier molecular flexibility index (Phi) is 3.31. The zero-order valence-corrected chi connectivity index (χ0v) is 11.6. The van der Waals surface area contributed by atoms with Crippen molar-refractivity contribution in [1.82, 2.24) is 0 Å². The molecule has 1 aliphatic rings. The van der Waals surface area contributed by atoms with Gasteiger partial charge in [0.1, 0.15) is 0 Å². The predicted molar refractivity (Wildman–Crippen MR) is 78.4 cm³/mol. The van der Waals surface area contributed by atoms with E-state index in [0.29, 0.717) is 12.5 Å². The van der Waals surface area contributed by atoms with Gasteiger partial charge in [0.25, 0.3) is 0 Å². The van der Waals surface area contributed by atoms with Crippen molar-refractivity contribution in [1.29, 1.82) is 0 Å². The Labute approximate surface area is 119 Å². The number of rotatable bonds is 4. The monoisotopic (exact) mass is 266 g/mol. The molecule has 1 fully saturated rings. The van der Waals surface area contributed by atoms with Gasteiger partial charge >= 0.3 is 5.97 Å². The Balaban J connectivity index is 1.93. The molecule has 1 saturated carbocycles. The smallest absolute Gasteiger partial charge is 0.302 e. The SMILES string of the molecule is CC(=O)OCC1CC1(c1ccccc1)c1ccccc1.